The number of amides is 1. The van der Waals surface area contributed by atoms with Gasteiger partial charge in [0.05, 0.1) is 16.2 Å². The number of nitrogens with one attached hydrogen (secondary N) is 2. The molecule has 1 aromatic carbocycles. The van der Waals surface area contributed by atoms with E-state index in [4.69, 9.17) is 0 Å². The molecule has 9 heteroatoms. The number of aromatic nitrogens is 3. The second-order valence-corrected chi connectivity index (χ2v) is 9.20. The van der Waals surface area contributed by atoms with Gasteiger partial charge in [-0.3, -0.25) is 9.78 Å². The molecule has 1 saturated heterocycles. The van der Waals surface area contributed by atoms with Crippen molar-refractivity contribution in [2.75, 3.05) is 6.54 Å². The minimum absolute atomic E-state index is 0.139. The summed E-state index contributed by atoms with van der Waals surface area (Å²) in [5, 5.41) is 5.73. The van der Waals surface area contributed by atoms with Crippen LogP contribution in [0.15, 0.2) is 34.0 Å². The first-order chi connectivity index (χ1) is 12.3. The number of rotatable bonds is 4. The van der Waals surface area contributed by atoms with Crippen molar-refractivity contribution in [3.63, 3.8) is 0 Å². The first kappa shape index (κ1) is 18.4. The predicted octanol–water partition coefficient (Wildman–Crippen LogP) is 1.65. The highest BCUT2D eigenvalue weighted by Crippen LogP contribution is 2.30. The molecular weight excluding hydrogens is 356 g/mol. The fourth-order valence-electron chi connectivity index (χ4n) is 3.14. The minimum Gasteiger partial charge on any atom is -0.328 e. The molecule has 8 nitrogen and oxygen atoms in total. The minimum atomic E-state index is -3.46. The van der Waals surface area contributed by atoms with E-state index in [1.807, 2.05) is 0 Å². The van der Waals surface area contributed by atoms with Crippen LogP contribution in [0.25, 0.3) is 0 Å². The van der Waals surface area contributed by atoms with Gasteiger partial charge >= 0.3 is 5.69 Å². The molecule has 2 heterocycles. The second kappa shape index (κ2) is 7.06. The summed E-state index contributed by atoms with van der Waals surface area (Å²) in [5.74, 6) is 0.161. The third-order valence-corrected chi connectivity index (χ3v) is 6.78. The third kappa shape index (κ3) is 3.44. The number of likely N-dealkylation sites (tertiary alicyclic amines) is 1. The summed E-state index contributed by atoms with van der Waals surface area (Å²) in [6, 6.07) is 5.79. The summed E-state index contributed by atoms with van der Waals surface area (Å²) >= 11 is 0. The average molecular weight is 378 g/mol. The fraction of sp³-hybridized carbons (Fsp3) is 0.471. The van der Waals surface area contributed by atoms with E-state index in [-0.39, 0.29) is 16.8 Å². The highest BCUT2D eigenvalue weighted by atomic mass is 32.2. The molecule has 2 N–H and O–H groups in total. The van der Waals surface area contributed by atoms with Gasteiger partial charge in [0.2, 0.25) is 0 Å². The summed E-state index contributed by atoms with van der Waals surface area (Å²) in [4.78, 5) is 28.8. The molecule has 1 aliphatic heterocycles. The molecule has 1 aliphatic rings. The quantitative estimate of drug-likeness (QED) is 0.839. The van der Waals surface area contributed by atoms with Gasteiger partial charge in [0.1, 0.15) is 0 Å². The largest absolute Gasteiger partial charge is 0.340 e. The second-order valence-electron chi connectivity index (χ2n) is 6.69. The number of benzene rings is 1. The highest BCUT2D eigenvalue weighted by Gasteiger charge is 2.31. The summed E-state index contributed by atoms with van der Waals surface area (Å²) in [6.45, 7) is 3.75. The van der Waals surface area contributed by atoms with Crippen LogP contribution in [-0.2, 0) is 9.84 Å². The molecule has 0 aliphatic carbocycles. The van der Waals surface area contributed by atoms with Crippen molar-refractivity contribution in [1.82, 2.24) is 20.1 Å². The molecule has 0 unspecified atom stereocenters. The lowest BCUT2D eigenvalue weighted by atomic mass is 10.00. The SMILES string of the molecule is CC(C)S(=O)(=O)c1cccc(C(=O)N2CCCC[C@H]2c2n[nH]c(=O)[nH]2)c1. The van der Waals surface area contributed by atoms with Gasteiger partial charge in [-0.2, -0.15) is 5.10 Å². The number of aromatic amines is 2. The van der Waals surface area contributed by atoms with Gasteiger partial charge < -0.3 is 4.90 Å². The zero-order valence-corrected chi connectivity index (χ0v) is 15.5. The van der Waals surface area contributed by atoms with Crippen molar-refractivity contribution < 1.29 is 13.2 Å². The normalized spacial score (nSPS) is 18.3. The van der Waals surface area contributed by atoms with Crippen LogP contribution in [0.4, 0.5) is 0 Å². The van der Waals surface area contributed by atoms with Gasteiger partial charge in [0.15, 0.2) is 15.7 Å². The Bertz CT molecular complexity index is 961. The molecule has 1 amide bonds. The molecule has 1 fully saturated rings. The van der Waals surface area contributed by atoms with Gasteiger partial charge in [-0.1, -0.05) is 6.07 Å². The van der Waals surface area contributed by atoms with Crippen molar-refractivity contribution in [3.8, 4) is 0 Å². The molecule has 140 valence electrons. The van der Waals surface area contributed by atoms with Crippen molar-refractivity contribution in [2.24, 2.45) is 0 Å². The smallest absolute Gasteiger partial charge is 0.328 e. The van der Waals surface area contributed by atoms with Gasteiger partial charge in [-0.25, -0.2) is 18.3 Å². The summed E-state index contributed by atoms with van der Waals surface area (Å²) in [7, 11) is -3.46. The lowest BCUT2D eigenvalue weighted by Gasteiger charge is -2.34. The van der Waals surface area contributed by atoms with E-state index in [9.17, 15) is 18.0 Å². The number of carbonyl (C=O) groups excluding carboxylic acids is 1. The molecule has 0 saturated carbocycles. The van der Waals surface area contributed by atoms with E-state index in [0.717, 1.165) is 12.8 Å². The Kier molecular flexibility index (Phi) is 4.99. The summed E-state index contributed by atoms with van der Waals surface area (Å²) in [6.07, 6.45) is 2.46. The van der Waals surface area contributed by atoms with Gasteiger partial charge in [0.25, 0.3) is 5.91 Å². The number of sulfone groups is 1. The van der Waals surface area contributed by atoms with Crippen LogP contribution in [0.3, 0.4) is 0 Å². The molecule has 1 aromatic heterocycles. The van der Waals surface area contributed by atoms with Crippen LogP contribution >= 0.6 is 0 Å². The van der Waals surface area contributed by atoms with Crippen LogP contribution in [0.5, 0.6) is 0 Å². The van der Waals surface area contributed by atoms with Crippen LogP contribution in [0.1, 0.15) is 55.3 Å². The zero-order chi connectivity index (χ0) is 18.9. The van der Waals surface area contributed by atoms with E-state index >= 15 is 0 Å². The first-order valence-corrected chi connectivity index (χ1v) is 10.1. The number of H-pyrrole nitrogens is 2. The number of nitrogens with zero attached hydrogens (tertiary/aromatic N) is 2. The van der Waals surface area contributed by atoms with E-state index in [1.54, 1.807) is 30.9 Å². The van der Waals surface area contributed by atoms with Crippen LogP contribution in [-0.4, -0.2) is 46.2 Å². The lowest BCUT2D eigenvalue weighted by Crippen LogP contribution is -2.39. The standard InChI is InChI=1S/C17H22N4O4S/c1-11(2)26(24,25)13-7-5-6-12(10-13)16(22)21-9-4-3-8-14(21)15-18-17(23)20-19-15/h5-7,10-11,14H,3-4,8-9H2,1-2H3,(H2,18,19,20,23)/t14-/m0/s1. The molecule has 1 atom stereocenters. The third-order valence-electron chi connectivity index (χ3n) is 4.63. The highest BCUT2D eigenvalue weighted by molar-refractivity contribution is 7.92. The molecule has 3 rings (SSSR count). The maximum atomic E-state index is 13.0. The van der Waals surface area contributed by atoms with Crippen LogP contribution in [0, 0.1) is 0 Å². The maximum Gasteiger partial charge on any atom is 0.340 e. The number of piperidine rings is 1. The molecule has 0 spiro atoms. The van der Waals surface area contributed by atoms with Gasteiger partial charge in [-0.05, 0) is 51.3 Å². The Morgan fingerprint density at radius 2 is 2.08 bits per heavy atom. The molecule has 0 bridgehead atoms. The van der Waals surface area contributed by atoms with Crippen molar-refractivity contribution in [3.05, 3.63) is 46.1 Å². The Balaban J connectivity index is 1.94. The topological polar surface area (TPSA) is 116 Å². The van der Waals surface area contributed by atoms with Crippen LogP contribution < -0.4 is 5.69 Å². The Morgan fingerprint density at radius 3 is 2.73 bits per heavy atom. The van der Waals surface area contributed by atoms with Gasteiger partial charge in [0, 0.05) is 12.1 Å². The summed E-state index contributed by atoms with van der Waals surface area (Å²) in [5.41, 5.74) is -0.0977. The Labute approximate surface area is 151 Å². The average Bonchev–Trinajstić information content (AvgIpc) is 3.07. The maximum absolute atomic E-state index is 13.0. The first-order valence-electron chi connectivity index (χ1n) is 8.60. The number of hydrogen-bond donors (Lipinski definition) is 2. The van der Waals surface area contributed by atoms with E-state index in [1.165, 1.54) is 12.1 Å². The molecule has 0 radical (unpaired) electrons. The van der Waals surface area contributed by atoms with Crippen LogP contribution in [0.2, 0.25) is 0 Å². The Hall–Kier alpha value is -2.42. The monoisotopic (exact) mass is 378 g/mol. The lowest BCUT2D eigenvalue weighted by molar-refractivity contribution is 0.0600. The van der Waals surface area contributed by atoms with E-state index < -0.39 is 20.8 Å². The summed E-state index contributed by atoms with van der Waals surface area (Å²) < 4.78 is 24.8. The number of hydrogen-bond acceptors (Lipinski definition) is 5. The number of carbonyl (C=O) groups is 1. The fourth-order valence-corrected chi connectivity index (χ4v) is 4.25. The molecule has 2 aromatic rings. The van der Waals surface area contributed by atoms with Crippen molar-refractivity contribution in [1.29, 1.82) is 0 Å². The van der Waals surface area contributed by atoms with Gasteiger partial charge in [-0.15, -0.1) is 0 Å². The molecular formula is C17H22N4O4S. The Morgan fingerprint density at radius 1 is 1.31 bits per heavy atom. The zero-order valence-electron chi connectivity index (χ0n) is 14.7. The van der Waals surface area contributed by atoms with Crippen molar-refractivity contribution in [2.45, 2.75) is 49.3 Å². The van der Waals surface area contributed by atoms with E-state index in [0.29, 0.717) is 24.4 Å². The molecule has 26 heavy (non-hydrogen) atoms. The van der Waals surface area contributed by atoms with Crippen molar-refractivity contribution >= 4 is 15.7 Å². The predicted molar refractivity (Wildman–Crippen MR) is 95.6 cm³/mol. The van der Waals surface area contributed by atoms with E-state index in [2.05, 4.69) is 15.2 Å².